The van der Waals surface area contributed by atoms with Gasteiger partial charge in [0, 0.05) is 28.8 Å². The number of carbonyl (C=O) groups excluding carboxylic acids is 1. The Morgan fingerprint density at radius 2 is 1.71 bits per heavy atom. The number of Topliss-reactive ketones (excluding diaryl/α,β-unsaturated/α-hetero) is 1. The first-order valence-electron chi connectivity index (χ1n) is 12.1. The number of rotatable bonds is 7. The van der Waals surface area contributed by atoms with Gasteiger partial charge in [-0.2, -0.15) is 0 Å². The molecule has 1 saturated heterocycles. The highest BCUT2D eigenvalue weighted by Gasteiger charge is 2.27. The number of halogens is 1. The Labute approximate surface area is 205 Å². The van der Waals surface area contributed by atoms with Crippen molar-refractivity contribution in [1.82, 2.24) is 4.57 Å². The number of fused-ring (bicyclic) bond motifs is 1. The second-order valence-corrected chi connectivity index (χ2v) is 9.23. The molecule has 1 N–H and O–H groups in total. The first-order valence-corrected chi connectivity index (χ1v) is 12.1. The molecule has 3 aromatic carbocycles. The minimum Gasteiger partial charge on any atom is -0.497 e. The number of methoxy groups -OCH3 is 1. The van der Waals surface area contributed by atoms with E-state index in [1.165, 1.54) is 22.6 Å². The van der Waals surface area contributed by atoms with E-state index in [1.807, 2.05) is 49.4 Å². The number of quaternary nitrogens is 1. The van der Waals surface area contributed by atoms with Crippen LogP contribution in [0.3, 0.4) is 0 Å². The van der Waals surface area contributed by atoms with E-state index in [-0.39, 0.29) is 11.6 Å². The Kier molecular flexibility index (Phi) is 6.55. The molecule has 0 aliphatic carbocycles. The summed E-state index contributed by atoms with van der Waals surface area (Å²) in [5.41, 5.74) is 5.06. The highest BCUT2D eigenvalue weighted by Crippen LogP contribution is 2.30. The van der Waals surface area contributed by atoms with E-state index in [4.69, 9.17) is 4.74 Å². The molecule has 6 heteroatoms. The minimum absolute atomic E-state index is 0.165. The van der Waals surface area contributed by atoms with Gasteiger partial charge in [-0.05, 0) is 55.0 Å². The molecule has 0 unspecified atom stereocenters. The standard InChI is InChI=1S/C29H30FN3O2/c1-21-29(28(34)20-31-14-16-32(17-15-31)24-10-8-23(30)9-11-24)26-18-25(35-2)12-13-27(26)33(21)19-22-6-4-3-5-7-22/h3-13,18H,14-17,19-20H2,1-2H3/p+1. The van der Waals surface area contributed by atoms with Crippen LogP contribution in [-0.2, 0) is 6.54 Å². The molecule has 1 fully saturated rings. The summed E-state index contributed by atoms with van der Waals surface area (Å²) in [4.78, 5) is 17.2. The Morgan fingerprint density at radius 3 is 2.40 bits per heavy atom. The lowest BCUT2D eigenvalue weighted by Crippen LogP contribution is -3.15. The first-order chi connectivity index (χ1) is 17.0. The highest BCUT2D eigenvalue weighted by atomic mass is 19.1. The summed E-state index contributed by atoms with van der Waals surface area (Å²) in [6, 6.07) is 23.0. The smallest absolute Gasteiger partial charge is 0.219 e. The van der Waals surface area contributed by atoms with Crippen molar-refractivity contribution in [2.45, 2.75) is 13.5 Å². The number of nitrogens with one attached hydrogen (secondary N) is 1. The molecule has 0 saturated carbocycles. The number of ketones is 1. The number of hydrogen-bond donors (Lipinski definition) is 1. The average molecular weight is 473 g/mol. The van der Waals surface area contributed by atoms with Crippen LogP contribution in [0, 0.1) is 12.7 Å². The van der Waals surface area contributed by atoms with Crippen LogP contribution >= 0.6 is 0 Å². The Bertz CT molecular complexity index is 1320. The molecule has 5 nitrogen and oxygen atoms in total. The summed E-state index contributed by atoms with van der Waals surface area (Å²) < 4.78 is 21.0. The lowest BCUT2D eigenvalue weighted by atomic mass is 10.1. The van der Waals surface area contributed by atoms with Gasteiger partial charge < -0.3 is 19.1 Å². The fraction of sp³-hybridized carbons (Fsp3) is 0.276. The zero-order chi connectivity index (χ0) is 24.4. The monoisotopic (exact) mass is 472 g/mol. The van der Waals surface area contributed by atoms with Gasteiger partial charge in [-0.3, -0.25) is 4.79 Å². The van der Waals surface area contributed by atoms with Crippen molar-refractivity contribution in [2.75, 3.05) is 44.7 Å². The van der Waals surface area contributed by atoms with E-state index in [0.29, 0.717) is 13.1 Å². The van der Waals surface area contributed by atoms with Crippen molar-refractivity contribution in [1.29, 1.82) is 0 Å². The van der Waals surface area contributed by atoms with Crippen LogP contribution in [0.2, 0.25) is 0 Å². The molecule has 1 aliphatic heterocycles. The number of anilines is 1. The summed E-state index contributed by atoms with van der Waals surface area (Å²) in [6.45, 7) is 6.64. The molecule has 5 rings (SSSR count). The lowest BCUT2D eigenvalue weighted by Gasteiger charge is -2.33. The van der Waals surface area contributed by atoms with Crippen LogP contribution in [-0.4, -0.2) is 50.2 Å². The zero-order valence-electron chi connectivity index (χ0n) is 20.3. The Morgan fingerprint density at radius 1 is 1.00 bits per heavy atom. The maximum absolute atomic E-state index is 13.7. The fourth-order valence-corrected chi connectivity index (χ4v) is 5.14. The molecular weight excluding hydrogens is 441 g/mol. The third kappa shape index (κ3) is 4.80. The number of ether oxygens (including phenoxy) is 1. The molecule has 0 spiro atoms. The Balaban J connectivity index is 1.37. The second kappa shape index (κ2) is 9.92. The largest absolute Gasteiger partial charge is 0.497 e. The van der Waals surface area contributed by atoms with Gasteiger partial charge in [0.15, 0.2) is 0 Å². The second-order valence-electron chi connectivity index (χ2n) is 9.23. The molecule has 1 aliphatic rings. The van der Waals surface area contributed by atoms with Crippen LogP contribution in [0.4, 0.5) is 10.1 Å². The first kappa shape index (κ1) is 23.1. The van der Waals surface area contributed by atoms with Crippen molar-refractivity contribution >= 4 is 22.4 Å². The maximum atomic E-state index is 13.7. The highest BCUT2D eigenvalue weighted by molar-refractivity contribution is 6.10. The number of benzene rings is 3. The molecule has 0 bridgehead atoms. The Hall–Kier alpha value is -3.64. The molecular formula is C29H31FN3O2+. The number of hydrogen-bond acceptors (Lipinski definition) is 3. The topological polar surface area (TPSA) is 38.9 Å². The molecule has 1 aromatic heterocycles. The predicted octanol–water partition coefficient (Wildman–Crippen LogP) is 3.73. The van der Waals surface area contributed by atoms with Gasteiger partial charge in [0.1, 0.15) is 18.1 Å². The molecule has 35 heavy (non-hydrogen) atoms. The van der Waals surface area contributed by atoms with Gasteiger partial charge in [-0.1, -0.05) is 30.3 Å². The fourth-order valence-electron chi connectivity index (χ4n) is 5.14. The molecule has 180 valence electrons. The summed E-state index contributed by atoms with van der Waals surface area (Å²) >= 11 is 0. The normalized spacial score (nSPS) is 14.4. The molecule has 2 heterocycles. The number of nitrogens with zero attached hydrogens (tertiary/aromatic N) is 2. The van der Waals surface area contributed by atoms with E-state index >= 15 is 0 Å². The van der Waals surface area contributed by atoms with Gasteiger partial charge in [-0.25, -0.2) is 4.39 Å². The van der Waals surface area contributed by atoms with Crippen molar-refractivity contribution in [3.05, 3.63) is 95.4 Å². The number of aromatic nitrogens is 1. The number of carbonyl (C=O) groups is 1. The summed E-state index contributed by atoms with van der Waals surface area (Å²) in [5, 5.41) is 0.951. The third-order valence-electron chi connectivity index (χ3n) is 7.07. The summed E-state index contributed by atoms with van der Waals surface area (Å²) in [6.07, 6.45) is 0. The zero-order valence-corrected chi connectivity index (χ0v) is 20.3. The van der Waals surface area contributed by atoms with Crippen molar-refractivity contribution in [3.8, 4) is 5.75 Å². The van der Waals surface area contributed by atoms with Gasteiger partial charge in [0.25, 0.3) is 0 Å². The van der Waals surface area contributed by atoms with Crippen molar-refractivity contribution in [2.24, 2.45) is 0 Å². The average Bonchev–Trinajstić information content (AvgIpc) is 3.16. The van der Waals surface area contributed by atoms with Crippen LogP contribution in [0.15, 0.2) is 72.8 Å². The number of piperazine rings is 1. The molecule has 0 radical (unpaired) electrons. The van der Waals surface area contributed by atoms with Gasteiger partial charge >= 0.3 is 0 Å². The van der Waals surface area contributed by atoms with Crippen LogP contribution in [0.25, 0.3) is 10.9 Å². The van der Waals surface area contributed by atoms with E-state index in [9.17, 15) is 9.18 Å². The van der Waals surface area contributed by atoms with Crippen molar-refractivity contribution in [3.63, 3.8) is 0 Å². The molecule has 0 amide bonds. The maximum Gasteiger partial charge on any atom is 0.219 e. The quantitative estimate of drug-likeness (QED) is 0.417. The molecule has 4 aromatic rings. The van der Waals surface area contributed by atoms with E-state index in [1.54, 1.807) is 7.11 Å². The summed E-state index contributed by atoms with van der Waals surface area (Å²) in [5.74, 6) is 0.698. The molecule has 0 atom stereocenters. The SMILES string of the molecule is COc1ccc2c(c1)c(C(=O)C[NH+]1CCN(c3ccc(F)cc3)CC1)c(C)n2Cc1ccccc1. The summed E-state index contributed by atoms with van der Waals surface area (Å²) in [7, 11) is 1.65. The third-order valence-corrected chi connectivity index (χ3v) is 7.07. The van der Waals surface area contributed by atoms with Crippen LogP contribution in [0.1, 0.15) is 21.6 Å². The predicted molar refractivity (Wildman–Crippen MR) is 137 cm³/mol. The van der Waals surface area contributed by atoms with Crippen LogP contribution in [0.5, 0.6) is 5.75 Å². The lowest BCUT2D eigenvalue weighted by molar-refractivity contribution is -0.892. The van der Waals surface area contributed by atoms with E-state index < -0.39 is 0 Å². The van der Waals surface area contributed by atoms with E-state index in [0.717, 1.165) is 59.8 Å². The van der Waals surface area contributed by atoms with Crippen molar-refractivity contribution < 1.29 is 18.8 Å². The van der Waals surface area contributed by atoms with Gasteiger partial charge in [0.05, 0.1) is 38.9 Å². The van der Waals surface area contributed by atoms with E-state index in [2.05, 4.69) is 27.7 Å². The van der Waals surface area contributed by atoms with Crippen LogP contribution < -0.4 is 14.5 Å². The minimum atomic E-state index is -0.220. The van der Waals surface area contributed by atoms with Gasteiger partial charge in [0.2, 0.25) is 5.78 Å². The van der Waals surface area contributed by atoms with Gasteiger partial charge in [-0.15, -0.1) is 0 Å².